The van der Waals surface area contributed by atoms with E-state index in [-0.39, 0.29) is 0 Å². The van der Waals surface area contributed by atoms with Crippen molar-refractivity contribution < 1.29 is 0 Å². The summed E-state index contributed by atoms with van der Waals surface area (Å²) < 4.78 is 0.953. The van der Waals surface area contributed by atoms with Crippen LogP contribution >= 0.6 is 15.9 Å². The number of fused-ring (bicyclic) bond motifs is 1. The largest absolute Gasteiger partial charge is 0.379 e. The molecule has 8 nitrogen and oxygen atoms in total. The minimum Gasteiger partial charge on any atom is -0.379 e. The van der Waals surface area contributed by atoms with Crippen LogP contribution in [0.2, 0.25) is 0 Å². The van der Waals surface area contributed by atoms with Crippen molar-refractivity contribution >= 4 is 38.5 Å². The van der Waals surface area contributed by atoms with Crippen LogP contribution < -0.4 is 10.2 Å². The van der Waals surface area contributed by atoms with E-state index >= 15 is 0 Å². The SMILES string of the molecule is Cc1cccc(CN2CCN(c3ccc(-c4nc5c(NC6CCN(C)CC6)c(Br)cnc5[nH]4)cc3)CC2)n1. The molecule has 6 rings (SSSR count). The number of hydrogen-bond acceptors (Lipinski definition) is 7. The second kappa shape index (κ2) is 11.0. The summed E-state index contributed by atoms with van der Waals surface area (Å²) in [5, 5.41) is 3.74. The maximum absolute atomic E-state index is 4.98. The Kier molecular flexibility index (Phi) is 7.32. The Balaban J connectivity index is 1.12. The molecule has 2 aliphatic heterocycles. The molecule has 198 valence electrons. The summed E-state index contributed by atoms with van der Waals surface area (Å²) in [5.41, 5.74) is 7.28. The van der Waals surface area contributed by atoms with Gasteiger partial charge in [-0.1, -0.05) is 6.07 Å². The predicted molar refractivity (Wildman–Crippen MR) is 158 cm³/mol. The van der Waals surface area contributed by atoms with Gasteiger partial charge in [0.2, 0.25) is 0 Å². The number of hydrogen-bond donors (Lipinski definition) is 2. The number of benzene rings is 1. The zero-order valence-electron chi connectivity index (χ0n) is 22.1. The van der Waals surface area contributed by atoms with E-state index in [1.54, 1.807) is 0 Å². The number of anilines is 2. The van der Waals surface area contributed by atoms with Gasteiger partial charge >= 0.3 is 0 Å². The molecule has 2 aliphatic rings. The summed E-state index contributed by atoms with van der Waals surface area (Å²) in [6.07, 6.45) is 4.12. The van der Waals surface area contributed by atoms with Crippen molar-refractivity contribution in [2.45, 2.75) is 32.4 Å². The summed E-state index contributed by atoms with van der Waals surface area (Å²) in [7, 11) is 2.19. The number of H-pyrrole nitrogens is 1. The molecule has 2 saturated heterocycles. The number of aromatic nitrogens is 4. The van der Waals surface area contributed by atoms with Crippen molar-refractivity contribution in [1.29, 1.82) is 0 Å². The van der Waals surface area contributed by atoms with Gasteiger partial charge in [-0.15, -0.1) is 0 Å². The van der Waals surface area contributed by atoms with Crippen molar-refractivity contribution in [1.82, 2.24) is 29.7 Å². The number of aromatic amines is 1. The van der Waals surface area contributed by atoms with Gasteiger partial charge in [0.1, 0.15) is 11.3 Å². The highest BCUT2D eigenvalue weighted by Gasteiger charge is 2.21. The molecule has 3 aromatic heterocycles. The van der Waals surface area contributed by atoms with Gasteiger partial charge < -0.3 is 20.1 Å². The van der Waals surface area contributed by atoms with E-state index in [1.807, 2.05) is 6.20 Å². The van der Waals surface area contributed by atoms with E-state index in [9.17, 15) is 0 Å². The summed E-state index contributed by atoms with van der Waals surface area (Å²) in [6.45, 7) is 9.29. The average Bonchev–Trinajstić information content (AvgIpc) is 3.37. The van der Waals surface area contributed by atoms with Gasteiger partial charge in [0.25, 0.3) is 0 Å². The molecule has 0 aliphatic carbocycles. The first-order valence-corrected chi connectivity index (χ1v) is 14.3. The molecule has 38 heavy (non-hydrogen) atoms. The summed E-state index contributed by atoms with van der Waals surface area (Å²) >= 11 is 3.70. The Labute approximate surface area is 232 Å². The molecule has 0 atom stereocenters. The third-order valence-electron chi connectivity index (χ3n) is 7.74. The molecule has 0 amide bonds. The van der Waals surface area contributed by atoms with E-state index < -0.39 is 0 Å². The molecule has 9 heteroatoms. The first-order valence-electron chi connectivity index (χ1n) is 13.5. The second-order valence-corrected chi connectivity index (χ2v) is 11.4. The van der Waals surface area contributed by atoms with Gasteiger partial charge in [0.05, 0.1) is 15.9 Å². The fourth-order valence-corrected chi connectivity index (χ4v) is 5.88. The minimum absolute atomic E-state index is 0.445. The summed E-state index contributed by atoms with van der Waals surface area (Å²) in [5.74, 6) is 0.846. The molecular weight excluding hydrogens is 540 g/mol. The number of halogens is 1. The monoisotopic (exact) mass is 574 g/mol. The number of nitrogens with zero attached hydrogens (tertiary/aromatic N) is 6. The van der Waals surface area contributed by atoms with Crippen LogP contribution in [-0.2, 0) is 6.54 Å². The Hall–Kier alpha value is -3.01. The predicted octanol–water partition coefficient (Wildman–Crippen LogP) is 4.92. The van der Waals surface area contributed by atoms with Crippen LogP contribution in [0.3, 0.4) is 0 Å². The lowest BCUT2D eigenvalue weighted by atomic mass is 10.1. The Morgan fingerprint density at radius 3 is 2.47 bits per heavy atom. The highest BCUT2D eigenvalue weighted by molar-refractivity contribution is 9.10. The van der Waals surface area contributed by atoms with Gasteiger partial charge in [-0.05, 0) is 92.2 Å². The maximum Gasteiger partial charge on any atom is 0.159 e. The first kappa shape index (κ1) is 25.3. The van der Waals surface area contributed by atoms with Crippen LogP contribution in [0.25, 0.3) is 22.6 Å². The lowest BCUT2D eigenvalue weighted by molar-refractivity contribution is 0.247. The topological polar surface area (TPSA) is 76.2 Å². The lowest BCUT2D eigenvalue weighted by Crippen LogP contribution is -2.46. The number of imidazole rings is 1. The van der Waals surface area contributed by atoms with Gasteiger partial charge in [0, 0.05) is 61.9 Å². The van der Waals surface area contributed by atoms with Crippen molar-refractivity contribution in [2.24, 2.45) is 0 Å². The highest BCUT2D eigenvalue weighted by atomic mass is 79.9. The van der Waals surface area contributed by atoms with Crippen molar-refractivity contribution in [3.63, 3.8) is 0 Å². The Bertz CT molecular complexity index is 1390. The van der Waals surface area contributed by atoms with E-state index in [2.05, 4.69) is 107 Å². The van der Waals surface area contributed by atoms with Crippen molar-refractivity contribution in [3.05, 3.63) is 64.5 Å². The van der Waals surface area contributed by atoms with Crippen molar-refractivity contribution in [3.8, 4) is 11.4 Å². The van der Waals surface area contributed by atoms with Gasteiger partial charge in [-0.25, -0.2) is 9.97 Å². The zero-order valence-corrected chi connectivity index (χ0v) is 23.7. The second-order valence-electron chi connectivity index (χ2n) is 10.6. The molecule has 4 aromatic rings. The fraction of sp³-hybridized carbons (Fsp3) is 0.414. The van der Waals surface area contributed by atoms with Gasteiger partial charge in [-0.2, -0.15) is 0 Å². The van der Waals surface area contributed by atoms with Crippen LogP contribution in [0, 0.1) is 6.92 Å². The number of pyridine rings is 2. The summed E-state index contributed by atoms with van der Waals surface area (Å²) in [6, 6.07) is 15.5. The highest BCUT2D eigenvalue weighted by Crippen LogP contribution is 2.33. The van der Waals surface area contributed by atoms with Crippen molar-refractivity contribution in [2.75, 3.05) is 56.5 Å². The molecular formula is C29H35BrN8. The zero-order chi connectivity index (χ0) is 26.1. The van der Waals surface area contributed by atoms with Gasteiger partial charge in [-0.3, -0.25) is 9.88 Å². The van der Waals surface area contributed by atoms with Crippen LogP contribution in [-0.4, -0.2) is 82.1 Å². The minimum atomic E-state index is 0.445. The molecule has 2 N–H and O–H groups in total. The average molecular weight is 576 g/mol. The molecule has 1 aromatic carbocycles. The summed E-state index contributed by atoms with van der Waals surface area (Å²) in [4.78, 5) is 25.0. The van der Waals surface area contributed by atoms with E-state index in [1.165, 1.54) is 5.69 Å². The van der Waals surface area contributed by atoms with Crippen LogP contribution in [0.4, 0.5) is 11.4 Å². The fourth-order valence-electron chi connectivity index (χ4n) is 5.47. The van der Waals surface area contributed by atoms with Crippen LogP contribution in [0.5, 0.6) is 0 Å². The van der Waals surface area contributed by atoms with Gasteiger partial charge in [0.15, 0.2) is 5.65 Å². The number of piperazine rings is 1. The number of piperidine rings is 1. The van der Waals surface area contributed by atoms with Crippen LogP contribution in [0.15, 0.2) is 53.1 Å². The normalized spacial score (nSPS) is 17.8. The number of likely N-dealkylation sites (tertiary alicyclic amines) is 1. The molecule has 5 heterocycles. The Morgan fingerprint density at radius 2 is 1.74 bits per heavy atom. The number of rotatable bonds is 6. The first-order chi connectivity index (χ1) is 18.5. The number of aryl methyl sites for hydroxylation is 1. The standard InChI is InChI=1S/C29H35BrN8/c1-20-4-3-5-23(32-20)19-37-14-16-38(17-15-37)24-8-6-21(7-9-24)28-34-27-26(25(30)18-31-29(27)35-28)33-22-10-12-36(2)13-11-22/h3-9,18,22H,10-17,19H2,1-2H3,(H2,31,33,34,35). The quantitative estimate of drug-likeness (QED) is 0.338. The van der Waals surface area contributed by atoms with E-state index in [0.717, 1.165) is 103 Å². The van der Waals surface area contributed by atoms with Crippen LogP contribution in [0.1, 0.15) is 24.2 Å². The molecule has 0 spiro atoms. The molecule has 0 radical (unpaired) electrons. The lowest BCUT2D eigenvalue weighted by Gasteiger charge is -2.36. The van der Waals surface area contributed by atoms with E-state index in [0.29, 0.717) is 6.04 Å². The molecule has 0 saturated carbocycles. The Morgan fingerprint density at radius 1 is 0.974 bits per heavy atom. The molecule has 2 fully saturated rings. The maximum atomic E-state index is 4.98. The smallest absolute Gasteiger partial charge is 0.159 e. The third-order valence-corrected chi connectivity index (χ3v) is 8.35. The van der Waals surface area contributed by atoms with E-state index in [4.69, 9.17) is 4.98 Å². The molecule has 0 unspecified atom stereocenters. The molecule has 0 bridgehead atoms. The number of nitrogens with one attached hydrogen (secondary N) is 2. The third kappa shape index (κ3) is 5.55.